The van der Waals surface area contributed by atoms with Crippen LogP contribution in [0.25, 0.3) is 0 Å². The molecule has 0 aromatic heterocycles. The van der Waals surface area contributed by atoms with E-state index in [2.05, 4.69) is 10.6 Å². The maximum atomic E-state index is 11.4. The van der Waals surface area contributed by atoms with Crippen molar-refractivity contribution in [2.24, 2.45) is 0 Å². The molecule has 0 aliphatic carbocycles. The lowest BCUT2D eigenvalue weighted by Gasteiger charge is -2.19. The average molecular weight is 304 g/mol. The molecule has 0 saturated heterocycles. The van der Waals surface area contributed by atoms with E-state index in [1.165, 1.54) is 0 Å². The van der Waals surface area contributed by atoms with Crippen LogP contribution in [0, 0.1) is 0 Å². The number of nitrogens with one attached hydrogen (secondary N) is 2. The third kappa shape index (κ3) is 13.9. The normalized spacial score (nSPS) is 11.7. The van der Waals surface area contributed by atoms with Crippen molar-refractivity contribution in [2.45, 2.75) is 59.4 Å². The number of carbonyl (C=O) groups excluding carboxylic acids is 1. The molecule has 0 fully saturated rings. The molecule has 2 N–H and O–H groups in total. The first kappa shape index (κ1) is 20.1. The first-order valence-corrected chi connectivity index (χ1v) is 7.79. The highest BCUT2D eigenvalue weighted by Crippen LogP contribution is 2.06. The summed E-state index contributed by atoms with van der Waals surface area (Å²) in [6.07, 6.45) is 1.34. The Kier molecular flexibility index (Phi) is 11.3. The third-order valence-electron chi connectivity index (χ3n) is 2.46. The summed E-state index contributed by atoms with van der Waals surface area (Å²) in [7, 11) is 0. The number of alkyl carbamates (subject to hydrolysis) is 1. The third-order valence-corrected chi connectivity index (χ3v) is 2.46. The van der Waals surface area contributed by atoms with Gasteiger partial charge in [0, 0.05) is 26.3 Å². The molecular formula is C15H32N2O4. The van der Waals surface area contributed by atoms with E-state index in [-0.39, 0.29) is 12.4 Å². The molecule has 6 heteroatoms. The van der Waals surface area contributed by atoms with Crippen molar-refractivity contribution in [2.75, 3.05) is 32.8 Å². The van der Waals surface area contributed by atoms with Crippen LogP contribution in [0.1, 0.15) is 47.5 Å². The number of hydrogen-bond donors (Lipinski definition) is 2. The SMILES string of the molecule is CCOC(CNCCCCNC(=O)OC(C)(C)C)OCC. The number of carbonyl (C=O) groups is 1. The van der Waals surface area contributed by atoms with Crippen LogP contribution in [-0.4, -0.2) is 50.8 Å². The molecule has 21 heavy (non-hydrogen) atoms. The van der Waals surface area contributed by atoms with E-state index in [0.29, 0.717) is 26.3 Å². The van der Waals surface area contributed by atoms with Gasteiger partial charge in [-0.05, 0) is 54.0 Å². The van der Waals surface area contributed by atoms with Gasteiger partial charge in [-0.25, -0.2) is 4.79 Å². The van der Waals surface area contributed by atoms with Crippen LogP contribution < -0.4 is 10.6 Å². The summed E-state index contributed by atoms with van der Waals surface area (Å²) < 4.78 is 16.0. The van der Waals surface area contributed by atoms with Gasteiger partial charge in [-0.1, -0.05) is 0 Å². The number of amides is 1. The van der Waals surface area contributed by atoms with Crippen molar-refractivity contribution < 1.29 is 19.0 Å². The average Bonchev–Trinajstić information content (AvgIpc) is 2.36. The highest BCUT2D eigenvalue weighted by Gasteiger charge is 2.15. The van der Waals surface area contributed by atoms with Crippen molar-refractivity contribution in [3.63, 3.8) is 0 Å². The molecule has 0 aromatic carbocycles. The van der Waals surface area contributed by atoms with E-state index in [0.717, 1.165) is 19.4 Å². The summed E-state index contributed by atoms with van der Waals surface area (Å²) in [5.41, 5.74) is -0.445. The van der Waals surface area contributed by atoms with Gasteiger partial charge in [0.15, 0.2) is 6.29 Å². The van der Waals surface area contributed by atoms with Gasteiger partial charge in [-0.15, -0.1) is 0 Å². The predicted molar refractivity (Wildman–Crippen MR) is 83.4 cm³/mol. The molecule has 0 aliphatic rings. The summed E-state index contributed by atoms with van der Waals surface area (Å²) in [6, 6.07) is 0. The fraction of sp³-hybridized carbons (Fsp3) is 0.933. The first-order valence-electron chi connectivity index (χ1n) is 7.79. The molecule has 0 heterocycles. The van der Waals surface area contributed by atoms with Gasteiger partial charge < -0.3 is 24.8 Å². The summed E-state index contributed by atoms with van der Waals surface area (Å²) >= 11 is 0. The maximum absolute atomic E-state index is 11.4. The molecule has 0 aromatic rings. The minimum absolute atomic E-state index is 0.181. The van der Waals surface area contributed by atoms with Crippen LogP contribution in [0.4, 0.5) is 4.79 Å². The molecule has 0 atom stereocenters. The van der Waals surface area contributed by atoms with Crippen LogP contribution >= 0.6 is 0 Å². The Hall–Kier alpha value is -0.850. The van der Waals surface area contributed by atoms with Crippen molar-refractivity contribution in [1.29, 1.82) is 0 Å². The monoisotopic (exact) mass is 304 g/mol. The van der Waals surface area contributed by atoms with Crippen LogP contribution in [0.2, 0.25) is 0 Å². The molecule has 0 rings (SSSR count). The Morgan fingerprint density at radius 2 is 1.62 bits per heavy atom. The Morgan fingerprint density at radius 1 is 1.05 bits per heavy atom. The molecule has 0 radical (unpaired) electrons. The van der Waals surface area contributed by atoms with Gasteiger partial charge in [0.25, 0.3) is 0 Å². The highest BCUT2D eigenvalue weighted by atomic mass is 16.7. The molecule has 126 valence electrons. The smallest absolute Gasteiger partial charge is 0.407 e. The second kappa shape index (κ2) is 11.8. The zero-order valence-electron chi connectivity index (χ0n) is 14.2. The predicted octanol–water partition coefficient (Wildman–Crippen LogP) is 2.28. The van der Waals surface area contributed by atoms with E-state index in [1.54, 1.807) is 0 Å². The van der Waals surface area contributed by atoms with Crippen molar-refractivity contribution >= 4 is 6.09 Å². The standard InChI is InChI=1S/C15H32N2O4/c1-6-19-13(20-7-2)12-16-10-8-9-11-17-14(18)21-15(3,4)5/h13,16H,6-12H2,1-5H3,(H,17,18). The lowest BCUT2D eigenvalue weighted by Crippen LogP contribution is -2.34. The summed E-state index contributed by atoms with van der Waals surface area (Å²) in [6.45, 7) is 12.9. The second-order valence-corrected chi connectivity index (χ2v) is 5.68. The number of hydrogen-bond acceptors (Lipinski definition) is 5. The fourth-order valence-corrected chi connectivity index (χ4v) is 1.64. The summed E-state index contributed by atoms with van der Waals surface area (Å²) in [5.74, 6) is 0. The molecule has 0 spiro atoms. The van der Waals surface area contributed by atoms with E-state index < -0.39 is 5.60 Å². The zero-order valence-corrected chi connectivity index (χ0v) is 14.2. The number of rotatable bonds is 11. The van der Waals surface area contributed by atoms with Gasteiger partial charge in [0.05, 0.1) is 0 Å². The van der Waals surface area contributed by atoms with Gasteiger partial charge in [0.1, 0.15) is 5.60 Å². The van der Waals surface area contributed by atoms with Crippen LogP contribution in [-0.2, 0) is 14.2 Å². The first-order chi connectivity index (χ1) is 9.89. The van der Waals surface area contributed by atoms with E-state index in [4.69, 9.17) is 14.2 Å². The molecule has 0 saturated carbocycles. The lowest BCUT2D eigenvalue weighted by molar-refractivity contribution is -0.132. The summed E-state index contributed by atoms with van der Waals surface area (Å²) in [4.78, 5) is 11.4. The molecule has 0 unspecified atom stereocenters. The van der Waals surface area contributed by atoms with Crippen molar-refractivity contribution in [1.82, 2.24) is 10.6 Å². The maximum Gasteiger partial charge on any atom is 0.407 e. The molecule has 1 amide bonds. The van der Waals surface area contributed by atoms with Gasteiger partial charge in [0.2, 0.25) is 0 Å². The zero-order chi connectivity index (χ0) is 16.1. The Labute approximate surface area is 128 Å². The van der Waals surface area contributed by atoms with E-state index in [9.17, 15) is 4.79 Å². The molecule has 0 aliphatic heterocycles. The van der Waals surface area contributed by atoms with E-state index >= 15 is 0 Å². The minimum atomic E-state index is -0.445. The molecule has 6 nitrogen and oxygen atoms in total. The fourth-order valence-electron chi connectivity index (χ4n) is 1.64. The largest absolute Gasteiger partial charge is 0.444 e. The number of ether oxygens (including phenoxy) is 3. The van der Waals surface area contributed by atoms with Crippen LogP contribution in [0.3, 0.4) is 0 Å². The Balaban J connectivity index is 3.49. The van der Waals surface area contributed by atoms with Gasteiger partial charge >= 0.3 is 6.09 Å². The quantitative estimate of drug-likeness (QED) is 0.453. The molecule has 0 bridgehead atoms. The lowest BCUT2D eigenvalue weighted by atomic mass is 10.2. The topological polar surface area (TPSA) is 68.8 Å². The van der Waals surface area contributed by atoms with Gasteiger partial charge in [-0.3, -0.25) is 0 Å². The van der Waals surface area contributed by atoms with Crippen molar-refractivity contribution in [3.05, 3.63) is 0 Å². The van der Waals surface area contributed by atoms with Gasteiger partial charge in [-0.2, -0.15) is 0 Å². The van der Waals surface area contributed by atoms with E-state index in [1.807, 2.05) is 34.6 Å². The Morgan fingerprint density at radius 3 is 2.14 bits per heavy atom. The minimum Gasteiger partial charge on any atom is -0.444 e. The second-order valence-electron chi connectivity index (χ2n) is 5.68. The van der Waals surface area contributed by atoms with Crippen LogP contribution in [0.15, 0.2) is 0 Å². The Bertz CT molecular complexity index is 261. The highest BCUT2D eigenvalue weighted by molar-refractivity contribution is 5.67. The summed E-state index contributed by atoms with van der Waals surface area (Å²) in [5, 5.41) is 6.03. The number of unbranched alkanes of at least 4 members (excludes halogenated alkanes) is 1. The van der Waals surface area contributed by atoms with Crippen LogP contribution in [0.5, 0.6) is 0 Å². The molecular weight excluding hydrogens is 272 g/mol. The van der Waals surface area contributed by atoms with Crippen molar-refractivity contribution in [3.8, 4) is 0 Å².